The number of amides is 1. The van der Waals surface area contributed by atoms with E-state index >= 15 is 0 Å². The molecule has 17 heavy (non-hydrogen) atoms. The topological polar surface area (TPSA) is 101 Å². The van der Waals surface area contributed by atoms with Crippen LogP contribution in [0.15, 0.2) is 6.20 Å². The van der Waals surface area contributed by atoms with Crippen LogP contribution in [-0.4, -0.2) is 38.7 Å². The fourth-order valence-electron chi connectivity index (χ4n) is 1.78. The van der Waals surface area contributed by atoms with Gasteiger partial charge in [-0.25, -0.2) is 0 Å². The largest absolute Gasteiger partial charge is 0.480 e. The maximum Gasteiger partial charge on any atom is 0.325 e. The first-order valence-corrected chi connectivity index (χ1v) is 4.98. The number of rotatable bonds is 3. The normalized spacial score (nSPS) is 13.6. The molecule has 0 aromatic carbocycles. The number of fused-ring (bicyclic) bond motifs is 1. The average Bonchev–Trinajstić information content (AvgIpc) is 2.56. The van der Waals surface area contributed by atoms with Crippen LogP contribution in [0.2, 0.25) is 0 Å². The lowest BCUT2D eigenvalue weighted by atomic mass is 10.1. The highest BCUT2D eigenvalue weighted by molar-refractivity contribution is 5.95. The zero-order valence-electron chi connectivity index (χ0n) is 9.25. The van der Waals surface area contributed by atoms with E-state index in [0.29, 0.717) is 17.8 Å². The summed E-state index contributed by atoms with van der Waals surface area (Å²) >= 11 is 0. The first-order chi connectivity index (χ1) is 7.99. The van der Waals surface area contributed by atoms with Gasteiger partial charge in [0.05, 0.1) is 12.2 Å². The number of carboxylic acid groups (broad SMARTS) is 1. The number of carboxylic acids is 1. The number of aliphatic carboxylic acids is 1. The second kappa shape index (κ2) is 3.93. The average molecular weight is 236 g/mol. The van der Waals surface area contributed by atoms with Crippen LogP contribution in [0.1, 0.15) is 21.7 Å². The predicted molar refractivity (Wildman–Crippen MR) is 58.9 cm³/mol. The fourth-order valence-corrected chi connectivity index (χ4v) is 1.78. The van der Waals surface area contributed by atoms with Gasteiger partial charge in [0, 0.05) is 12.6 Å². The zero-order chi connectivity index (χ0) is 12.6. The van der Waals surface area contributed by atoms with Crippen LogP contribution in [0.3, 0.4) is 0 Å². The van der Waals surface area contributed by atoms with Crippen molar-refractivity contribution in [3.63, 3.8) is 0 Å². The molecule has 2 heterocycles. The Kier molecular flexibility index (Phi) is 2.58. The Morgan fingerprint density at radius 2 is 2.29 bits per heavy atom. The summed E-state index contributed by atoms with van der Waals surface area (Å²) in [7, 11) is 1.85. The van der Waals surface area contributed by atoms with Gasteiger partial charge in [0.2, 0.25) is 0 Å². The molecule has 0 fully saturated rings. The Hall–Kier alpha value is -2.31. The summed E-state index contributed by atoms with van der Waals surface area (Å²) in [6, 6.07) is 0. The third-order valence-corrected chi connectivity index (χ3v) is 2.51. The highest BCUT2D eigenvalue weighted by Gasteiger charge is 2.23. The summed E-state index contributed by atoms with van der Waals surface area (Å²) < 4.78 is 1.30. The van der Waals surface area contributed by atoms with E-state index in [-0.39, 0.29) is 12.2 Å². The van der Waals surface area contributed by atoms with Crippen molar-refractivity contribution in [3.05, 3.63) is 23.2 Å². The molecule has 0 saturated carbocycles. The third-order valence-electron chi connectivity index (χ3n) is 2.51. The van der Waals surface area contributed by atoms with Crippen LogP contribution in [0.25, 0.3) is 6.08 Å². The Morgan fingerprint density at radius 3 is 2.88 bits per heavy atom. The van der Waals surface area contributed by atoms with E-state index in [2.05, 4.69) is 5.10 Å². The van der Waals surface area contributed by atoms with Crippen molar-refractivity contribution < 1.29 is 14.7 Å². The lowest BCUT2D eigenvalue weighted by Crippen LogP contribution is -2.20. The lowest BCUT2D eigenvalue weighted by molar-refractivity contribution is -0.137. The molecule has 1 aromatic rings. The number of carbonyl (C=O) groups is 2. The van der Waals surface area contributed by atoms with Gasteiger partial charge in [0.1, 0.15) is 6.54 Å². The summed E-state index contributed by atoms with van der Waals surface area (Å²) in [4.78, 5) is 23.8. The summed E-state index contributed by atoms with van der Waals surface area (Å²) in [5.41, 5.74) is 6.62. The molecule has 1 aliphatic rings. The van der Waals surface area contributed by atoms with Gasteiger partial charge in [-0.2, -0.15) is 5.10 Å². The SMILES string of the molecule is CN1C=Cc2c(C(N)=O)nn(CC(=O)O)c2C1. The molecule has 0 radical (unpaired) electrons. The van der Waals surface area contributed by atoms with E-state index in [1.807, 2.05) is 11.9 Å². The standard InChI is InChI=1S/C10H12N4O3/c1-13-3-2-6-7(4-13)14(5-8(15)16)12-9(6)10(11)17/h2-3H,4-5H2,1H3,(H2,11,17)(H,15,16). The van der Waals surface area contributed by atoms with E-state index < -0.39 is 11.9 Å². The van der Waals surface area contributed by atoms with Crippen molar-refractivity contribution in [2.75, 3.05) is 7.05 Å². The fraction of sp³-hybridized carbons (Fsp3) is 0.300. The highest BCUT2D eigenvalue weighted by atomic mass is 16.4. The quantitative estimate of drug-likeness (QED) is 0.735. The number of primary amides is 1. The third kappa shape index (κ3) is 1.99. The van der Waals surface area contributed by atoms with E-state index in [1.165, 1.54) is 4.68 Å². The van der Waals surface area contributed by atoms with Crippen LogP contribution < -0.4 is 5.73 Å². The Balaban J connectivity index is 2.51. The predicted octanol–water partition coefficient (Wildman–Crippen LogP) is -0.517. The second-order valence-corrected chi connectivity index (χ2v) is 3.86. The van der Waals surface area contributed by atoms with Gasteiger partial charge in [-0.1, -0.05) is 0 Å². The Morgan fingerprint density at radius 1 is 1.59 bits per heavy atom. The number of nitrogens with two attached hydrogens (primary N) is 1. The molecule has 1 aliphatic heterocycles. The van der Waals surface area contributed by atoms with E-state index in [0.717, 1.165) is 0 Å². The smallest absolute Gasteiger partial charge is 0.325 e. The number of carbonyl (C=O) groups excluding carboxylic acids is 1. The Labute approximate surface area is 97.1 Å². The molecule has 90 valence electrons. The summed E-state index contributed by atoms with van der Waals surface area (Å²) in [5.74, 6) is -1.66. The van der Waals surface area contributed by atoms with Gasteiger partial charge in [0.25, 0.3) is 5.91 Å². The van der Waals surface area contributed by atoms with Gasteiger partial charge < -0.3 is 15.7 Å². The summed E-state index contributed by atoms with van der Waals surface area (Å²) in [5, 5.41) is 12.7. The number of aromatic nitrogens is 2. The molecule has 3 N–H and O–H groups in total. The summed E-state index contributed by atoms with van der Waals surface area (Å²) in [6.45, 7) is 0.219. The van der Waals surface area contributed by atoms with Crippen molar-refractivity contribution in [1.82, 2.24) is 14.7 Å². The second-order valence-electron chi connectivity index (χ2n) is 3.86. The molecule has 7 heteroatoms. The van der Waals surface area contributed by atoms with Crippen molar-refractivity contribution in [2.24, 2.45) is 5.73 Å². The van der Waals surface area contributed by atoms with E-state index in [1.54, 1.807) is 12.3 Å². The molecule has 2 rings (SSSR count). The van der Waals surface area contributed by atoms with Crippen LogP contribution >= 0.6 is 0 Å². The minimum absolute atomic E-state index is 0.116. The maximum absolute atomic E-state index is 11.2. The van der Waals surface area contributed by atoms with Gasteiger partial charge >= 0.3 is 5.97 Å². The molecule has 0 unspecified atom stereocenters. The number of hydrogen-bond acceptors (Lipinski definition) is 4. The molecule has 0 aliphatic carbocycles. The van der Waals surface area contributed by atoms with Crippen molar-refractivity contribution >= 4 is 18.0 Å². The molecule has 0 saturated heterocycles. The molecular formula is C10H12N4O3. The van der Waals surface area contributed by atoms with Gasteiger partial charge in [-0.15, -0.1) is 0 Å². The van der Waals surface area contributed by atoms with E-state index in [4.69, 9.17) is 10.8 Å². The zero-order valence-corrected chi connectivity index (χ0v) is 9.25. The molecule has 0 spiro atoms. The summed E-state index contributed by atoms with van der Waals surface area (Å²) in [6.07, 6.45) is 3.51. The molecule has 0 bridgehead atoms. The highest BCUT2D eigenvalue weighted by Crippen LogP contribution is 2.22. The van der Waals surface area contributed by atoms with Crippen LogP contribution in [-0.2, 0) is 17.9 Å². The number of hydrogen-bond donors (Lipinski definition) is 2. The monoisotopic (exact) mass is 236 g/mol. The first kappa shape index (κ1) is 11.2. The first-order valence-electron chi connectivity index (χ1n) is 4.98. The molecular weight excluding hydrogens is 224 g/mol. The van der Waals surface area contributed by atoms with Crippen LogP contribution in [0.4, 0.5) is 0 Å². The number of nitrogens with zero attached hydrogens (tertiary/aromatic N) is 3. The maximum atomic E-state index is 11.2. The van der Waals surface area contributed by atoms with Crippen molar-refractivity contribution in [1.29, 1.82) is 0 Å². The van der Waals surface area contributed by atoms with Gasteiger partial charge in [-0.05, 0) is 12.3 Å². The Bertz CT molecular complexity index is 518. The van der Waals surface area contributed by atoms with E-state index in [9.17, 15) is 9.59 Å². The molecule has 0 atom stereocenters. The minimum Gasteiger partial charge on any atom is -0.480 e. The van der Waals surface area contributed by atoms with Crippen LogP contribution in [0.5, 0.6) is 0 Å². The molecule has 7 nitrogen and oxygen atoms in total. The van der Waals surface area contributed by atoms with Crippen molar-refractivity contribution in [3.8, 4) is 0 Å². The van der Waals surface area contributed by atoms with Crippen molar-refractivity contribution in [2.45, 2.75) is 13.1 Å². The lowest BCUT2D eigenvalue weighted by Gasteiger charge is -2.19. The van der Waals surface area contributed by atoms with Gasteiger partial charge in [0.15, 0.2) is 5.69 Å². The molecule has 1 aromatic heterocycles. The molecule has 1 amide bonds. The van der Waals surface area contributed by atoms with Gasteiger partial charge in [-0.3, -0.25) is 14.3 Å². The van der Waals surface area contributed by atoms with Crippen LogP contribution in [0, 0.1) is 0 Å². The minimum atomic E-state index is -1.01.